The van der Waals surface area contributed by atoms with E-state index < -0.39 is 31.4 Å². The van der Waals surface area contributed by atoms with Crippen molar-refractivity contribution >= 4 is 6.03 Å². The maximum Gasteiger partial charge on any atom is 0.315 e. The average Bonchev–Trinajstić information content (AvgIpc) is 2.37. The van der Waals surface area contributed by atoms with Crippen molar-refractivity contribution in [2.45, 2.75) is 43.7 Å². The molecule has 0 spiro atoms. The predicted molar refractivity (Wildman–Crippen MR) is 62.5 cm³/mol. The minimum Gasteiger partial charge on any atom is -0.394 e. The van der Waals surface area contributed by atoms with E-state index >= 15 is 0 Å². The van der Waals surface area contributed by atoms with Crippen LogP contribution in [0.1, 0.15) is 32.1 Å². The second kappa shape index (κ2) is 6.78. The molecule has 0 unspecified atom stereocenters. The molecule has 0 saturated heterocycles. The maximum atomic E-state index is 11.6. The Balaban J connectivity index is 2.41. The van der Waals surface area contributed by atoms with E-state index in [0.29, 0.717) is 0 Å². The first-order chi connectivity index (χ1) is 8.15. The lowest BCUT2D eigenvalue weighted by Crippen LogP contribution is -2.60. The van der Waals surface area contributed by atoms with Gasteiger partial charge in [0.15, 0.2) is 0 Å². The lowest BCUT2D eigenvalue weighted by atomic mass is 9.95. The van der Waals surface area contributed by atoms with Crippen molar-refractivity contribution in [3.05, 3.63) is 0 Å². The molecule has 1 aliphatic carbocycles. The fourth-order valence-electron chi connectivity index (χ4n) is 1.98. The zero-order chi connectivity index (χ0) is 12.7. The fraction of sp³-hybridized carbons (Fsp3) is 0.909. The summed E-state index contributed by atoms with van der Waals surface area (Å²) in [6, 6.07) is -0.299. The number of aliphatic hydroxyl groups excluding tert-OH is 3. The second-order valence-corrected chi connectivity index (χ2v) is 4.69. The smallest absolute Gasteiger partial charge is 0.315 e. The first kappa shape index (κ1) is 14.2. The van der Waals surface area contributed by atoms with Gasteiger partial charge in [-0.25, -0.2) is 4.79 Å². The van der Waals surface area contributed by atoms with Gasteiger partial charge in [-0.1, -0.05) is 19.3 Å². The van der Waals surface area contributed by atoms with Gasteiger partial charge in [-0.15, -0.1) is 0 Å². The number of rotatable bonds is 5. The fourth-order valence-corrected chi connectivity index (χ4v) is 1.98. The number of amides is 2. The lowest BCUT2D eigenvalue weighted by molar-refractivity contribution is 0.0488. The molecule has 17 heavy (non-hydrogen) atoms. The summed E-state index contributed by atoms with van der Waals surface area (Å²) in [5.74, 6) is 0. The standard InChI is InChI=1S/C11H22N2O4/c14-6-11(7-15,8-16)13-10(17)12-9-4-2-1-3-5-9/h9,14-16H,1-8H2,(H2,12,13,17). The van der Waals surface area contributed by atoms with Crippen molar-refractivity contribution in [2.24, 2.45) is 0 Å². The summed E-state index contributed by atoms with van der Waals surface area (Å²) in [5.41, 5.74) is -1.35. The number of carbonyl (C=O) groups excluding carboxylic acids is 1. The van der Waals surface area contributed by atoms with Crippen LogP contribution in [0.3, 0.4) is 0 Å². The quantitative estimate of drug-likeness (QED) is 0.444. The molecule has 1 saturated carbocycles. The van der Waals surface area contributed by atoms with Crippen LogP contribution >= 0.6 is 0 Å². The van der Waals surface area contributed by atoms with E-state index in [9.17, 15) is 4.79 Å². The molecule has 0 radical (unpaired) electrons. The summed E-state index contributed by atoms with van der Waals surface area (Å²) in [5, 5.41) is 32.4. The molecule has 1 aliphatic rings. The summed E-state index contributed by atoms with van der Waals surface area (Å²) in [7, 11) is 0. The normalized spacial score (nSPS) is 17.8. The van der Waals surface area contributed by atoms with Crippen molar-refractivity contribution < 1.29 is 20.1 Å². The van der Waals surface area contributed by atoms with Gasteiger partial charge in [-0.2, -0.15) is 0 Å². The molecule has 1 rings (SSSR count). The Hall–Kier alpha value is -0.850. The van der Waals surface area contributed by atoms with Gasteiger partial charge >= 0.3 is 6.03 Å². The molecule has 0 aromatic carbocycles. The third kappa shape index (κ3) is 4.14. The van der Waals surface area contributed by atoms with Crippen LogP contribution in [-0.4, -0.2) is 52.8 Å². The molecule has 0 aromatic rings. The first-order valence-electron chi connectivity index (χ1n) is 6.07. The van der Waals surface area contributed by atoms with Crippen LogP contribution in [0.25, 0.3) is 0 Å². The van der Waals surface area contributed by atoms with Crippen molar-refractivity contribution in [2.75, 3.05) is 19.8 Å². The molecule has 1 fully saturated rings. The number of nitrogens with one attached hydrogen (secondary N) is 2. The van der Waals surface area contributed by atoms with E-state index in [-0.39, 0.29) is 6.04 Å². The first-order valence-corrected chi connectivity index (χ1v) is 6.07. The SMILES string of the molecule is O=C(NC1CCCCC1)NC(CO)(CO)CO. The Morgan fingerprint density at radius 2 is 1.59 bits per heavy atom. The van der Waals surface area contributed by atoms with Crippen LogP contribution in [0.4, 0.5) is 4.79 Å². The van der Waals surface area contributed by atoms with E-state index in [1.54, 1.807) is 0 Å². The van der Waals surface area contributed by atoms with Gasteiger partial charge in [0.25, 0.3) is 0 Å². The van der Waals surface area contributed by atoms with Crippen LogP contribution < -0.4 is 10.6 Å². The largest absolute Gasteiger partial charge is 0.394 e. The van der Waals surface area contributed by atoms with Crippen molar-refractivity contribution in [1.82, 2.24) is 10.6 Å². The van der Waals surface area contributed by atoms with Crippen LogP contribution in [-0.2, 0) is 0 Å². The van der Waals surface area contributed by atoms with Gasteiger partial charge < -0.3 is 26.0 Å². The number of hydrogen-bond donors (Lipinski definition) is 5. The number of hydrogen-bond acceptors (Lipinski definition) is 4. The van der Waals surface area contributed by atoms with Gasteiger partial charge in [0.1, 0.15) is 5.54 Å². The lowest BCUT2D eigenvalue weighted by Gasteiger charge is -2.30. The Labute approximate surface area is 101 Å². The topological polar surface area (TPSA) is 102 Å². The number of urea groups is 1. The summed E-state index contributed by atoms with van der Waals surface area (Å²) in [4.78, 5) is 11.6. The molecule has 2 amide bonds. The molecule has 0 heterocycles. The Kier molecular flexibility index (Phi) is 5.67. The molecular formula is C11H22N2O4. The zero-order valence-corrected chi connectivity index (χ0v) is 9.98. The summed E-state index contributed by atoms with van der Waals surface area (Å²) in [6.45, 7) is -1.51. The summed E-state index contributed by atoms with van der Waals surface area (Å²) < 4.78 is 0. The van der Waals surface area contributed by atoms with Gasteiger partial charge in [-0.3, -0.25) is 0 Å². The zero-order valence-electron chi connectivity index (χ0n) is 9.98. The van der Waals surface area contributed by atoms with Gasteiger partial charge in [0, 0.05) is 6.04 Å². The highest BCUT2D eigenvalue weighted by Gasteiger charge is 2.30. The third-order valence-electron chi connectivity index (χ3n) is 3.23. The second-order valence-electron chi connectivity index (χ2n) is 4.69. The van der Waals surface area contributed by atoms with Crippen molar-refractivity contribution in [3.63, 3.8) is 0 Å². The Bertz CT molecular complexity index is 229. The summed E-state index contributed by atoms with van der Waals surface area (Å²) in [6.07, 6.45) is 5.33. The highest BCUT2D eigenvalue weighted by molar-refractivity contribution is 5.75. The van der Waals surface area contributed by atoms with Crippen LogP contribution in [0.15, 0.2) is 0 Å². The van der Waals surface area contributed by atoms with Crippen molar-refractivity contribution in [3.8, 4) is 0 Å². The van der Waals surface area contributed by atoms with Crippen molar-refractivity contribution in [1.29, 1.82) is 0 Å². The molecule has 0 bridgehead atoms. The highest BCUT2D eigenvalue weighted by atomic mass is 16.3. The van der Waals surface area contributed by atoms with E-state index in [2.05, 4.69) is 10.6 Å². The Morgan fingerprint density at radius 3 is 2.06 bits per heavy atom. The molecule has 0 atom stereocenters. The van der Waals surface area contributed by atoms with Crippen LogP contribution in [0, 0.1) is 0 Å². The molecule has 6 heteroatoms. The molecule has 6 nitrogen and oxygen atoms in total. The van der Waals surface area contributed by atoms with E-state index in [1.165, 1.54) is 6.42 Å². The summed E-state index contributed by atoms with van der Waals surface area (Å²) >= 11 is 0. The van der Waals surface area contributed by atoms with Crippen LogP contribution in [0.5, 0.6) is 0 Å². The Morgan fingerprint density at radius 1 is 1.06 bits per heavy atom. The van der Waals surface area contributed by atoms with Gasteiger partial charge in [0.05, 0.1) is 19.8 Å². The average molecular weight is 246 g/mol. The molecule has 5 N–H and O–H groups in total. The van der Waals surface area contributed by atoms with Gasteiger partial charge in [0.2, 0.25) is 0 Å². The van der Waals surface area contributed by atoms with Crippen LogP contribution in [0.2, 0.25) is 0 Å². The molecule has 0 aliphatic heterocycles. The highest BCUT2D eigenvalue weighted by Crippen LogP contribution is 2.17. The van der Waals surface area contributed by atoms with E-state index in [0.717, 1.165) is 25.7 Å². The van der Waals surface area contributed by atoms with E-state index in [4.69, 9.17) is 15.3 Å². The molecular weight excluding hydrogens is 224 g/mol. The van der Waals surface area contributed by atoms with E-state index in [1.807, 2.05) is 0 Å². The molecule has 0 aromatic heterocycles. The predicted octanol–water partition coefficient (Wildman–Crippen LogP) is -0.666. The number of aliphatic hydroxyl groups is 3. The number of carbonyl (C=O) groups is 1. The monoisotopic (exact) mass is 246 g/mol. The molecule has 100 valence electrons. The maximum absolute atomic E-state index is 11.6. The third-order valence-corrected chi connectivity index (χ3v) is 3.23. The van der Waals surface area contributed by atoms with Gasteiger partial charge in [-0.05, 0) is 12.8 Å². The minimum atomic E-state index is -1.35. The minimum absolute atomic E-state index is 0.150.